The highest BCUT2D eigenvalue weighted by Crippen LogP contribution is 2.16. The van der Waals surface area contributed by atoms with E-state index in [0.29, 0.717) is 13.2 Å². The standard InChI is InChI=1S/C18H21BrN2O2/c1-13-3-9-17(10-4-13)23-12-11-20-18(22)21-14(2)15-5-7-16(19)8-6-15/h3-10,14H,11-12H2,1-2H3,(H2,20,21,22). The van der Waals surface area contributed by atoms with Gasteiger partial charge < -0.3 is 15.4 Å². The van der Waals surface area contributed by atoms with Crippen LogP contribution in [0.1, 0.15) is 24.1 Å². The maximum absolute atomic E-state index is 11.9. The minimum absolute atomic E-state index is 0.0545. The van der Waals surface area contributed by atoms with Crippen molar-refractivity contribution in [3.05, 3.63) is 64.1 Å². The van der Waals surface area contributed by atoms with Crippen LogP contribution in [-0.4, -0.2) is 19.2 Å². The number of carbonyl (C=O) groups is 1. The van der Waals surface area contributed by atoms with Crippen LogP contribution in [0.25, 0.3) is 0 Å². The van der Waals surface area contributed by atoms with Gasteiger partial charge in [0, 0.05) is 4.47 Å². The van der Waals surface area contributed by atoms with Crippen LogP contribution in [0.2, 0.25) is 0 Å². The first-order valence-electron chi connectivity index (χ1n) is 7.54. The Morgan fingerprint density at radius 3 is 2.43 bits per heavy atom. The lowest BCUT2D eigenvalue weighted by Gasteiger charge is -2.15. The van der Waals surface area contributed by atoms with Crippen LogP contribution in [-0.2, 0) is 0 Å². The summed E-state index contributed by atoms with van der Waals surface area (Å²) in [5, 5.41) is 5.69. The second-order valence-corrected chi connectivity index (χ2v) is 6.25. The Morgan fingerprint density at radius 1 is 1.13 bits per heavy atom. The van der Waals surface area contributed by atoms with Gasteiger partial charge in [-0.15, -0.1) is 0 Å². The molecule has 23 heavy (non-hydrogen) atoms. The smallest absolute Gasteiger partial charge is 0.315 e. The number of rotatable bonds is 6. The molecule has 0 aliphatic rings. The van der Waals surface area contributed by atoms with Crippen LogP contribution >= 0.6 is 15.9 Å². The van der Waals surface area contributed by atoms with E-state index in [-0.39, 0.29) is 12.1 Å². The molecular weight excluding hydrogens is 356 g/mol. The molecule has 2 aromatic carbocycles. The number of hydrogen-bond acceptors (Lipinski definition) is 2. The maximum atomic E-state index is 11.9. The van der Waals surface area contributed by atoms with Crippen LogP contribution in [0.3, 0.4) is 0 Å². The summed E-state index contributed by atoms with van der Waals surface area (Å²) in [6, 6.07) is 15.5. The molecule has 1 atom stereocenters. The van der Waals surface area contributed by atoms with E-state index in [9.17, 15) is 4.79 Å². The average molecular weight is 377 g/mol. The predicted octanol–water partition coefficient (Wildman–Crippen LogP) is 4.20. The van der Waals surface area contributed by atoms with Crippen molar-refractivity contribution in [1.82, 2.24) is 10.6 Å². The third-order valence-electron chi connectivity index (χ3n) is 3.39. The zero-order valence-corrected chi connectivity index (χ0v) is 14.9. The Labute approximate surface area is 145 Å². The average Bonchev–Trinajstić information content (AvgIpc) is 2.54. The van der Waals surface area contributed by atoms with Gasteiger partial charge in [-0.05, 0) is 43.7 Å². The van der Waals surface area contributed by atoms with Gasteiger partial charge in [0.25, 0.3) is 0 Å². The highest BCUT2D eigenvalue weighted by molar-refractivity contribution is 9.10. The minimum atomic E-state index is -0.201. The molecule has 0 bridgehead atoms. The fourth-order valence-electron chi connectivity index (χ4n) is 2.05. The zero-order chi connectivity index (χ0) is 16.7. The maximum Gasteiger partial charge on any atom is 0.315 e. The van der Waals surface area contributed by atoms with E-state index in [1.54, 1.807) is 0 Å². The summed E-state index contributed by atoms with van der Waals surface area (Å²) in [5.74, 6) is 0.807. The lowest BCUT2D eigenvalue weighted by Crippen LogP contribution is -2.38. The van der Waals surface area contributed by atoms with E-state index < -0.39 is 0 Å². The topological polar surface area (TPSA) is 50.4 Å². The molecule has 0 radical (unpaired) electrons. The van der Waals surface area contributed by atoms with Gasteiger partial charge in [-0.1, -0.05) is 45.8 Å². The number of carbonyl (C=O) groups excluding carboxylic acids is 1. The van der Waals surface area contributed by atoms with Crippen molar-refractivity contribution in [3.63, 3.8) is 0 Å². The Hall–Kier alpha value is -2.01. The Morgan fingerprint density at radius 2 is 1.78 bits per heavy atom. The molecule has 0 saturated carbocycles. The third-order valence-corrected chi connectivity index (χ3v) is 3.92. The van der Waals surface area contributed by atoms with Gasteiger partial charge >= 0.3 is 6.03 Å². The van der Waals surface area contributed by atoms with E-state index in [0.717, 1.165) is 15.8 Å². The Bertz CT molecular complexity index is 626. The first-order valence-corrected chi connectivity index (χ1v) is 8.33. The number of ether oxygens (including phenoxy) is 1. The van der Waals surface area contributed by atoms with E-state index in [1.807, 2.05) is 62.4 Å². The van der Waals surface area contributed by atoms with Crippen molar-refractivity contribution in [2.75, 3.05) is 13.2 Å². The molecule has 2 N–H and O–H groups in total. The minimum Gasteiger partial charge on any atom is -0.492 e. The third kappa shape index (κ3) is 5.94. The predicted molar refractivity (Wildman–Crippen MR) is 95.8 cm³/mol. The Kier molecular flexibility index (Phi) is 6.47. The summed E-state index contributed by atoms with van der Waals surface area (Å²) < 4.78 is 6.59. The molecule has 0 fully saturated rings. The highest BCUT2D eigenvalue weighted by Gasteiger charge is 2.08. The van der Waals surface area contributed by atoms with Crippen LogP contribution < -0.4 is 15.4 Å². The molecule has 0 aliphatic carbocycles. The first kappa shape index (κ1) is 17.3. The van der Waals surface area contributed by atoms with Crippen molar-refractivity contribution >= 4 is 22.0 Å². The SMILES string of the molecule is Cc1ccc(OCCNC(=O)NC(C)c2ccc(Br)cc2)cc1. The number of halogens is 1. The van der Waals surface area contributed by atoms with Crippen LogP contribution in [0.4, 0.5) is 4.79 Å². The molecule has 0 saturated heterocycles. The molecule has 0 spiro atoms. The Balaban J connectivity index is 1.68. The molecule has 0 heterocycles. The van der Waals surface area contributed by atoms with Gasteiger partial charge in [0.15, 0.2) is 0 Å². The summed E-state index contributed by atoms with van der Waals surface area (Å²) in [4.78, 5) is 11.9. The summed E-state index contributed by atoms with van der Waals surface area (Å²) in [6.07, 6.45) is 0. The number of aryl methyl sites for hydroxylation is 1. The molecule has 2 amide bonds. The normalized spacial score (nSPS) is 11.6. The number of nitrogens with one attached hydrogen (secondary N) is 2. The fourth-order valence-corrected chi connectivity index (χ4v) is 2.31. The molecule has 122 valence electrons. The fraction of sp³-hybridized carbons (Fsp3) is 0.278. The lowest BCUT2D eigenvalue weighted by atomic mass is 10.1. The van der Waals surface area contributed by atoms with Gasteiger partial charge in [0.05, 0.1) is 12.6 Å². The second-order valence-electron chi connectivity index (χ2n) is 5.33. The molecule has 2 rings (SSSR count). The van der Waals surface area contributed by atoms with Crippen molar-refractivity contribution in [1.29, 1.82) is 0 Å². The molecule has 5 heteroatoms. The number of amides is 2. The van der Waals surface area contributed by atoms with Gasteiger partial charge in [-0.2, -0.15) is 0 Å². The van der Waals surface area contributed by atoms with Crippen LogP contribution in [0, 0.1) is 6.92 Å². The van der Waals surface area contributed by atoms with Gasteiger partial charge in [-0.25, -0.2) is 4.79 Å². The molecule has 1 unspecified atom stereocenters. The number of urea groups is 1. The lowest BCUT2D eigenvalue weighted by molar-refractivity contribution is 0.233. The number of benzene rings is 2. The zero-order valence-electron chi connectivity index (χ0n) is 13.3. The molecule has 4 nitrogen and oxygen atoms in total. The van der Waals surface area contributed by atoms with Gasteiger partial charge in [0.1, 0.15) is 12.4 Å². The highest BCUT2D eigenvalue weighted by atomic mass is 79.9. The summed E-state index contributed by atoms with van der Waals surface area (Å²) in [6.45, 7) is 4.86. The van der Waals surface area contributed by atoms with E-state index in [4.69, 9.17) is 4.74 Å². The monoisotopic (exact) mass is 376 g/mol. The van der Waals surface area contributed by atoms with Crippen molar-refractivity contribution in [2.45, 2.75) is 19.9 Å². The largest absolute Gasteiger partial charge is 0.492 e. The van der Waals surface area contributed by atoms with Crippen molar-refractivity contribution in [2.24, 2.45) is 0 Å². The molecule has 0 aliphatic heterocycles. The van der Waals surface area contributed by atoms with E-state index >= 15 is 0 Å². The van der Waals surface area contributed by atoms with Crippen LogP contribution in [0.5, 0.6) is 5.75 Å². The van der Waals surface area contributed by atoms with Crippen molar-refractivity contribution in [3.8, 4) is 5.75 Å². The summed E-state index contributed by atoms with van der Waals surface area (Å²) >= 11 is 3.40. The first-order chi connectivity index (χ1) is 11.0. The molecule has 0 aromatic heterocycles. The quantitative estimate of drug-likeness (QED) is 0.742. The summed E-state index contributed by atoms with van der Waals surface area (Å²) in [7, 11) is 0. The second kappa shape index (κ2) is 8.58. The van der Waals surface area contributed by atoms with Gasteiger partial charge in [-0.3, -0.25) is 0 Å². The van der Waals surface area contributed by atoms with Crippen molar-refractivity contribution < 1.29 is 9.53 Å². The molecule has 2 aromatic rings. The number of hydrogen-bond donors (Lipinski definition) is 2. The summed E-state index contributed by atoms with van der Waals surface area (Å²) in [5.41, 5.74) is 2.25. The molecular formula is C18H21BrN2O2. The van der Waals surface area contributed by atoms with E-state index in [2.05, 4.69) is 26.6 Å². The van der Waals surface area contributed by atoms with E-state index in [1.165, 1.54) is 5.56 Å². The van der Waals surface area contributed by atoms with Gasteiger partial charge in [0.2, 0.25) is 0 Å². The van der Waals surface area contributed by atoms with Crippen LogP contribution in [0.15, 0.2) is 53.0 Å².